The Balaban J connectivity index is 1.71. The number of halogens is 2. The highest BCUT2D eigenvalue weighted by molar-refractivity contribution is 6.30. The summed E-state index contributed by atoms with van der Waals surface area (Å²) in [6.07, 6.45) is 2.54. The van der Waals surface area contributed by atoms with Gasteiger partial charge in [0, 0.05) is 30.9 Å². The quantitative estimate of drug-likeness (QED) is 0.661. The van der Waals surface area contributed by atoms with E-state index >= 15 is 0 Å². The second-order valence-electron chi connectivity index (χ2n) is 9.47. The van der Waals surface area contributed by atoms with Gasteiger partial charge < -0.3 is 9.84 Å². The van der Waals surface area contributed by atoms with Gasteiger partial charge in [-0.3, -0.25) is 14.8 Å². The molecular weight excluding hydrogens is 465 g/mol. The largest absolute Gasteiger partial charge is 0.480 e. The fourth-order valence-corrected chi connectivity index (χ4v) is 4.95. The fourth-order valence-electron chi connectivity index (χ4n) is 4.57. The van der Waals surface area contributed by atoms with E-state index in [9.17, 15) is 14.7 Å². The number of carbonyl (C=O) groups excluding carboxylic acids is 1. The van der Waals surface area contributed by atoms with Gasteiger partial charge in [0.05, 0.1) is 16.8 Å². The second kappa shape index (κ2) is 9.12. The third kappa shape index (κ3) is 5.10. The summed E-state index contributed by atoms with van der Waals surface area (Å²) in [6.45, 7) is 6.13. The highest BCUT2D eigenvalue weighted by atomic mass is 35.5. The topological polar surface area (TPSA) is 83.0 Å². The van der Waals surface area contributed by atoms with Crippen LogP contribution >= 0.6 is 23.2 Å². The van der Waals surface area contributed by atoms with Gasteiger partial charge in [0.1, 0.15) is 11.6 Å². The van der Waals surface area contributed by atoms with E-state index < -0.39 is 23.7 Å². The Bertz CT molecular complexity index is 1030. The molecule has 176 valence electrons. The number of benzene rings is 1. The minimum Gasteiger partial charge on any atom is -0.480 e. The number of hydrogen-bond acceptors (Lipinski definition) is 5. The van der Waals surface area contributed by atoms with Gasteiger partial charge in [0.15, 0.2) is 0 Å². The lowest BCUT2D eigenvalue weighted by Crippen LogP contribution is -2.59. The maximum atomic E-state index is 12.7. The van der Waals surface area contributed by atoms with Gasteiger partial charge in [0.25, 0.3) is 0 Å². The van der Waals surface area contributed by atoms with Crippen molar-refractivity contribution in [2.24, 2.45) is 0 Å². The monoisotopic (exact) mass is 491 g/mol. The first kappa shape index (κ1) is 23.8. The van der Waals surface area contributed by atoms with E-state index in [-0.39, 0.29) is 19.1 Å². The number of amides is 1. The lowest BCUT2D eigenvalue weighted by atomic mass is 9.95. The van der Waals surface area contributed by atoms with Gasteiger partial charge >= 0.3 is 12.1 Å². The van der Waals surface area contributed by atoms with Crippen LogP contribution in [0.1, 0.15) is 49.2 Å². The zero-order chi connectivity index (χ0) is 23.9. The maximum Gasteiger partial charge on any atom is 0.411 e. The van der Waals surface area contributed by atoms with Crippen LogP contribution in [-0.4, -0.2) is 63.2 Å². The molecule has 0 radical (unpaired) electrons. The summed E-state index contributed by atoms with van der Waals surface area (Å²) in [5.41, 5.74) is 3.32. The van der Waals surface area contributed by atoms with E-state index in [0.717, 1.165) is 35.2 Å². The first-order valence-electron chi connectivity index (χ1n) is 10.9. The van der Waals surface area contributed by atoms with E-state index in [0.29, 0.717) is 16.6 Å². The molecule has 1 aromatic carbocycles. The Morgan fingerprint density at radius 3 is 2.48 bits per heavy atom. The first-order chi connectivity index (χ1) is 15.5. The number of carboxylic acids is 1. The Morgan fingerprint density at radius 1 is 1.09 bits per heavy atom. The molecule has 2 aliphatic rings. The zero-order valence-corrected chi connectivity index (χ0v) is 20.4. The summed E-state index contributed by atoms with van der Waals surface area (Å²) in [5.74, 6) is -1.07. The van der Waals surface area contributed by atoms with Crippen LogP contribution in [0.15, 0.2) is 30.5 Å². The minimum absolute atomic E-state index is 0.144. The minimum atomic E-state index is -1.07. The zero-order valence-electron chi connectivity index (χ0n) is 18.8. The molecule has 1 N–H and O–H groups in total. The van der Waals surface area contributed by atoms with E-state index in [2.05, 4.69) is 9.88 Å². The predicted octanol–water partition coefficient (Wildman–Crippen LogP) is 4.58. The summed E-state index contributed by atoms with van der Waals surface area (Å²) in [4.78, 5) is 33.0. The second-order valence-corrected chi connectivity index (χ2v) is 10.3. The molecule has 2 aromatic rings. The number of carbonyl (C=O) groups is 2. The first-order valence-corrected chi connectivity index (χ1v) is 11.7. The van der Waals surface area contributed by atoms with Crippen LogP contribution in [0.3, 0.4) is 0 Å². The van der Waals surface area contributed by atoms with Crippen molar-refractivity contribution in [3.8, 4) is 0 Å². The standard InChI is InChI=1S/C24H27Cl2N3O4/c1-24(2,3)33-23(32)29-9-8-28(13-19(29)22(30)31)21-18-7-6-16(25)10-14(18)4-5-15-11-17(26)12-27-20(15)21/h6-7,10-12,19,21H,4-5,8-9,13H2,1-3H3,(H,30,31)/t19-,21+/m1/s1. The Morgan fingerprint density at radius 2 is 1.79 bits per heavy atom. The maximum absolute atomic E-state index is 12.7. The van der Waals surface area contributed by atoms with Crippen molar-refractivity contribution in [1.82, 2.24) is 14.8 Å². The number of hydrogen-bond donors (Lipinski definition) is 1. The van der Waals surface area contributed by atoms with Crippen LogP contribution in [-0.2, 0) is 22.4 Å². The molecule has 1 aliphatic heterocycles. The number of carboxylic acid groups (broad SMARTS) is 1. The normalized spacial score (nSPS) is 21.1. The molecule has 1 amide bonds. The lowest BCUT2D eigenvalue weighted by molar-refractivity contribution is -0.146. The van der Waals surface area contributed by atoms with Crippen molar-refractivity contribution >= 4 is 35.3 Å². The van der Waals surface area contributed by atoms with E-state index in [1.165, 1.54) is 4.90 Å². The number of ether oxygens (including phenoxy) is 1. The molecule has 1 fully saturated rings. The summed E-state index contributed by atoms with van der Waals surface area (Å²) in [7, 11) is 0. The molecule has 1 aliphatic carbocycles. The molecule has 2 heterocycles. The number of rotatable bonds is 2. The smallest absolute Gasteiger partial charge is 0.411 e. The van der Waals surface area contributed by atoms with E-state index in [1.807, 2.05) is 24.3 Å². The molecule has 4 rings (SSSR count). The lowest BCUT2D eigenvalue weighted by Gasteiger charge is -2.43. The number of fused-ring (bicyclic) bond motifs is 2. The highest BCUT2D eigenvalue weighted by Gasteiger charge is 2.41. The molecule has 9 heteroatoms. The van der Waals surface area contributed by atoms with Gasteiger partial charge in [-0.25, -0.2) is 9.59 Å². The van der Waals surface area contributed by atoms with Crippen LogP contribution in [0.4, 0.5) is 4.79 Å². The van der Waals surface area contributed by atoms with Crippen molar-refractivity contribution < 1.29 is 19.4 Å². The average molecular weight is 492 g/mol. The van der Waals surface area contributed by atoms with Gasteiger partial charge in [-0.05, 0) is 68.5 Å². The molecule has 7 nitrogen and oxygen atoms in total. The summed E-state index contributed by atoms with van der Waals surface area (Å²) >= 11 is 12.5. The SMILES string of the molecule is CC(C)(C)OC(=O)N1CCN([C@H]2c3ccc(Cl)cc3CCc3cc(Cl)cnc32)C[C@@H]1C(=O)O. The summed E-state index contributed by atoms with van der Waals surface area (Å²) in [5, 5.41) is 11.2. The Hall–Kier alpha value is -2.35. The molecule has 0 spiro atoms. The van der Waals surface area contributed by atoms with Crippen LogP contribution in [0.25, 0.3) is 0 Å². The van der Waals surface area contributed by atoms with Crippen molar-refractivity contribution in [3.63, 3.8) is 0 Å². The summed E-state index contributed by atoms with van der Waals surface area (Å²) in [6, 6.07) is 6.42. The van der Waals surface area contributed by atoms with Crippen LogP contribution < -0.4 is 0 Å². The molecule has 0 saturated carbocycles. The molecule has 1 aromatic heterocycles. The van der Waals surface area contributed by atoms with Crippen LogP contribution in [0.5, 0.6) is 0 Å². The third-order valence-corrected chi connectivity index (χ3v) is 6.42. The highest BCUT2D eigenvalue weighted by Crippen LogP contribution is 2.38. The van der Waals surface area contributed by atoms with Gasteiger partial charge in [-0.2, -0.15) is 0 Å². The number of aromatic nitrogens is 1. The molecule has 1 saturated heterocycles. The van der Waals surface area contributed by atoms with Crippen LogP contribution in [0, 0.1) is 0 Å². The van der Waals surface area contributed by atoms with E-state index in [4.69, 9.17) is 27.9 Å². The van der Waals surface area contributed by atoms with Gasteiger partial charge in [-0.15, -0.1) is 0 Å². The predicted molar refractivity (Wildman–Crippen MR) is 126 cm³/mol. The number of piperazine rings is 1. The van der Waals surface area contributed by atoms with Crippen LogP contribution in [0.2, 0.25) is 10.0 Å². The fraction of sp³-hybridized carbons (Fsp3) is 0.458. The molecule has 33 heavy (non-hydrogen) atoms. The van der Waals surface area contributed by atoms with Crippen molar-refractivity contribution in [2.45, 2.75) is 51.3 Å². The van der Waals surface area contributed by atoms with E-state index in [1.54, 1.807) is 27.0 Å². The van der Waals surface area contributed by atoms with Crippen molar-refractivity contribution in [1.29, 1.82) is 0 Å². The number of aliphatic carboxylic acids is 1. The Labute approximate surface area is 203 Å². The number of pyridine rings is 1. The number of nitrogens with zero attached hydrogens (tertiary/aromatic N) is 3. The Kier molecular flexibility index (Phi) is 6.58. The molecular formula is C24H27Cl2N3O4. The third-order valence-electron chi connectivity index (χ3n) is 5.98. The van der Waals surface area contributed by atoms with Gasteiger partial charge in [-0.1, -0.05) is 29.3 Å². The average Bonchev–Trinajstić information content (AvgIpc) is 2.88. The van der Waals surface area contributed by atoms with Gasteiger partial charge in [0.2, 0.25) is 0 Å². The van der Waals surface area contributed by atoms with Crippen molar-refractivity contribution in [3.05, 3.63) is 62.9 Å². The number of aryl methyl sites for hydroxylation is 2. The molecule has 2 atom stereocenters. The molecule has 0 unspecified atom stereocenters. The molecule has 0 bridgehead atoms. The van der Waals surface area contributed by atoms with Crippen molar-refractivity contribution in [2.75, 3.05) is 19.6 Å². The summed E-state index contributed by atoms with van der Waals surface area (Å²) < 4.78 is 5.46.